The molecule has 1 atom stereocenters. The maximum absolute atomic E-state index is 6.12. The Morgan fingerprint density at radius 2 is 2.07 bits per heavy atom. The number of nitrogens with two attached hydrogens (primary N) is 1. The summed E-state index contributed by atoms with van der Waals surface area (Å²) in [6.07, 6.45) is 1.69. The fourth-order valence-corrected chi connectivity index (χ4v) is 2.45. The van der Waals surface area contributed by atoms with Crippen LogP contribution in [0.25, 0.3) is 0 Å². The van der Waals surface area contributed by atoms with Crippen LogP contribution in [0.4, 0.5) is 0 Å². The van der Waals surface area contributed by atoms with Crippen molar-refractivity contribution in [1.82, 2.24) is 0 Å². The molecular formula is C11H13NOS. The van der Waals surface area contributed by atoms with Gasteiger partial charge in [-0.2, -0.15) is 0 Å². The molecule has 1 unspecified atom stereocenters. The van der Waals surface area contributed by atoms with Crippen LogP contribution in [0.1, 0.15) is 27.8 Å². The summed E-state index contributed by atoms with van der Waals surface area (Å²) in [5.41, 5.74) is 8.47. The lowest BCUT2D eigenvalue weighted by molar-refractivity contribution is 0.488. The first-order valence-corrected chi connectivity index (χ1v) is 5.41. The van der Waals surface area contributed by atoms with Crippen LogP contribution in [0.15, 0.2) is 28.2 Å². The highest BCUT2D eigenvalue weighted by Gasteiger charge is 2.17. The van der Waals surface area contributed by atoms with Gasteiger partial charge >= 0.3 is 0 Å². The molecule has 0 fully saturated rings. The lowest BCUT2D eigenvalue weighted by Crippen LogP contribution is -2.11. The normalized spacial score (nSPS) is 13.1. The second-order valence-corrected chi connectivity index (χ2v) is 4.36. The van der Waals surface area contributed by atoms with E-state index >= 15 is 0 Å². The molecule has 0 spiro atoms. The molecule has 74 valence electrons. The molecule has 0 amide bonds. The van der Waals surface area contributed by atoms with Crippen molar-refractivity contribution in [3.63, 3.8) is 0 Å². The number of hydrogen-bond acceptors (Lipinski definition) is 3. The first-order valence-electron chi connectivity index (χ1n) is 4.53. The van der Waals surface area contributed by atoms with Gasteiger partial charge in [-0.25, -0.2) is 0 Å². The summed E-state index contributed by atoms with van der Waals surface area (Å²) in [6.45, 7) is 4.09. The van der Waals surface area contributed by atoms with E-state index in [2.05, 4.69) is 18.4 Å². The zero-order valence-electron chi connectivity index (χ0n) is 8.28. The van der Waals surface area contributed by atoms with Crippen molar-refractivity contribution in [1.29, 1.82) is 0 Å². The van der Waals surface area contributed by atoms with Crippen LogP contribution < -0.4 is 5.73 Å². The van der Waals surface area contributed by atoms with E-state index in [1.54, 1.807) is 17.6 Å². The van der Waals surface area contributed by atoms with Gasteiger partial charge in [0.2, 0.25) is 0 Å². The third kappa shape index (κ3) is 1.49. The molecule has 0 aliphatic rings. The molecule has 0 aliphatic carbocycles. The molecular weight excluding hydrogens is 194 g/mol. The third-order valence-corrected chi connectivity index (χ3v) is 3.47. The fraction of sp³-hybridized carbons (Fsp3) is 0.273. The summed E-state index contributed by atoms with van der Waals surface area (Å²) in [7, 11) is 0. The van der Waals surface area contributed by atoms with Crippen LogP contribution in [-0.4, -0.2) is 0 Å². The molecule has 2 N–H and O–H groups in total. The summed E-state index contributed by atoms with van der Waals surface area (Å²) in [6, 6.07) is 3.90. The van der Waals surface area contributed by atoms with E-state index < -0.39 is 0 Å². The molecule has 2 nitrogen and oxygen atoms in total. The van der Waals surface area contributed by atoms with Gasteiger partial charge in [0.1, 0.15) is 5.76 Å². The molecule has 2 heterocycles. The zero-order chi connectivity index (χ0) is 10.1. The number of rotatable bonds is 2. The SMILES string of the molecule is Cc1ccoc1C(N)c1sccc1C. The van der Waals surface area contributed by atoms with Crippen LogP contribution in [0.3, 0.4) is 0 Å². The van der Waals surface area contributed by atoms with Crippen LogP contribution in [0.5, 0.6) is 0 Å². The van der Waals surface area contributed by atoms with Gasteiger partial charge in [0.15, 0.2) is 0 Å². The fourth-order valence-electron chi connectivity index (χ4n) is 1.53. The summed E-state index contributed by atoms with van der Waals surface area (Å²) < 4.78 is 5.39. The standard InChI is InChI=1S/C11H13NOS/c1-7-3-5-13-10(7)9(12)11-8(2)4-6-14-11/h3-6,9H,12H2,1-2H3. The van der Waals surface area contributed by atoms with Crippen LogP contribution in [-0.2, 0) is 0 Å². The molecule has 0 aromatic carbocycles. The van der Waals surface area contributed by atoms with Gasteiger partial charge in [-0.1, -0.05) is 0 Å². The molecule has 0 aliphatic heterocycles. The molecule has 2 aromatic rings. The van der Waals surface area contributed by atoms with Crippen molar-refractivity contribution < 1.29 is 4.42 Å². The Kier molecular flexibility index (Phi) is 2.44. The lowest BCUT2D eigenvalue weighted by Gasteiger charge is -2.09. The maximum Gasteiger partial charge on any atom is 0.128 e. The van der Waals surface area contributed by atoms with Crippen LogP contribution in [0.2, 0.25) is 0 Å². The van der Waals surface area contributed by atoms with Crippen LogP contribution >= 0.6 is 11.3 Å². The number of hydrogen-bond donors (Lipinski definition) is 1. The average molecular weight is 207 g/mol. The summed E-state index contributed by atoms with van der Waals surface area (Å²) in [4.78, 5) is 1.18. The number of aryl methyl sites for hydroxylation is 2. The second kappa shape index (κ2) is 3.59. The van der Waals surface area contributed by atoms with Crippen molar-refractivity contribution in [3.8, 4) is 0 Å². The van der Waals surface area contributed by atoms with Gasteiger partial charge in [0.25, 0.3) is 0 Å². The molecule has 0 saturated heterocycles. The molecule has 2 aromatic heterocycles. The molecule has 3 heteroatoms. The first-order chi connectivity index (χ1) is 6.70. The first kappa shape index (κ1) is 9.49. The van der Waals surface area contributed by atoms with E-state index in [4.69, 9.17) is 10.2 Å². The molecule has 2 rings (SSSR count). The molecule has 0 saturated carbocycles. The van der Waals surface area contributed by atoms with Crippen LogP contribution in [0, 0.1) is 13.8 Å². The van der Waals surface area contributed by atoms with Gasteiger partial charge in [-0.05, 0) is 42.5 Å². The molecule has 0 bridgehead atoms. The average Bonchev–Trinajstić information content (AvgIpc) is 2.73. The third-order valence-electron chi connectivity index (χ3n) is 2.37. The highest BCUT2D eigenvalue weighted by Crippen LogP contribution is 2.29. The van der Waals surface area contributed by atoms with Crippen molar-refractivity contribution in [2.75, 3.05) is 0 Å². The van der Waals surface area contributed by atoms with E-state index in [1.165, 1.54) is 10.4 Å². The predicted molar refractivity (Wildman–Crippen MR) is 58.5 cm³/mol. The summed E-state index contributed by atoms with van der Waals surface area (Å²) in [5, 5.41) is 2.06. The minimum absolute atomic E-state index is 0.120. The monoisotopic (exact) mass is 207 g/mol. The van der Waals surface area contributed by atoms with Crippen molar-refractivity contribution in [2.45, 2.75) is 19.9 Å². The second-order valence-electron chi connectivity index (χ2n) is 3.41. The Hall–Kier alpha value is -1.06. The quantitative estimate of drug-likeness (QED) is 0.822. The molecule has 14 heavy (non-hydrogen) atoms. The van der Waals surface area contributed by atoms with Crippen molar-refractivity contribution >= 4 is 11.3 Å². The Morgan fingerprint density at radius 1 is 1.29 bits per heavy atom. The van der Waals surface area contributed by atoms with E-state index in [-0.39, 0.29) is 6.04 Å². The van der Waals surface area contributed by atoms with E-state index in [0.29, 0.717) is 0 Å². The largest absolute Gasteiger partial charge is 0.467 e. The Morgan fingerprint density at radius 3 is 2.57 bits per heavy atom. The topological polar surface area (TPSA) is 39.2 Å². The van der Waals surface area contributed by atoms with Gasteiger partial charge < -0.3 is 10.2 Å². The Bertz CT molecular complexity index is 390. The summed E-state index contributed by atoms with van der Waals surface area (Å²) >= 11 is 1.68. The van der Waals surface area contributed by atoms with Gasteiger partial charge in [0.05, 0.1) is 12.3 Å². The van der Waals surface area contributed by atoms with E-state index in [9.17, 15) is 0 Å². The lowest BCUT2D eigenvalue weighted by atomic mass is 10.1. The minimum atomic E-state index is -0.120. The highest BCUT2D eigenvalue weighted by molar-refractivity contribution is 7.10. The highest BCUT2D eigenvalue weighted by atomic mass is 32.1. The smallest absolute Gasteiger partial charge is 0.128 e. The number of thiophene rings is 1. The predicted octanol–water partition coefficient (Wildman–Crippen LogP) is 3.01. The van der Waals surface area contributed by atoms with Gasteiger partial charge in [-0.3, -0.25) is 0 Å². The Balaban J connectivity index is 2.38. The van der Waals surface area contributed by atoms with E-state index in [1.807, 2.05) is 13.0 Å². The van der Waals surface area contributed by atoms with Gasteiger partial charge in [0, 0.05) is 4.88 Å². The number of furan rings is 1. The van der Waals surface area contributed by atoms with Crippen molar-refractivity contribution in [3.05, 3.63) is 45.5 Å². The van der Waals surface area contributed by atoms with Crippen molar-refractivity contribution in [2.24, 2.45) is 5.73 Å². The van der Waals surface area contributed by atoms with E-state index in [0.717, 1.165) is 11.3 Å². The summed E-state index contributed by atoms with van der Waals surface area (Å²) in [5.74, 6) is 0.871. The maximum atomic E-state index is 6.12. The van der Waals surface area contributed by atoms with Gasteiger partial charge in [-0.15, -0.1) is 11.3 Å². The zero-order valence-corrected chi connectivity index (χ0v) is 9.10. The minimum Gasteiger partial charge on any atom is -0.467 e. The molecule has 0 radical (unpaired) electrons. The Labute approximate surface area is 87.4 Å².